The molecule has 0 spiro atoms. The summed E-state index contributed by atoms with van der Waals surface area (Å²) in [6, 6.07) is 0. The second kappa shape index (κ2) is 4.89. The number of rotatable bonds is 2. The molecule has 2 heterocycles. The molecule has 0 aliphatic heterocycles. The number of nitrogens with zero attached hydrogens (tertiary/aromatic N) is 5. The summed E-state index contributed by atoms with van der Waals surface area (Å²) in [5.74, 6) is -0.168. The van der Waals surface area contributed by atoms with Gasteiger partial charge in [0.05, 0.1) is 0 Å². The number of amides is 1. The van der Waals surface area contributed by atoms with Crippen LogP contribution in [0.25, 0.3) is 11.2 Å². The topological polar surface area (TPSA) is 82.1 Å². The molecule has 2 aromatic rings. The van der Waals surface area contributed by atoms with Gasteiger partial charge in [-0.3, -0.25) is 23.3 Å². The Bertz CT molecular complexity index is 814. The van der Waals surface area contributed by atoms with Crippen LogP contribution in [-0.4, -0.2) is 43.6 Å². The predicted octanol–water partition coefficient (Wildman–Crippen LogP) is -0.716. The smallest absolute Gasteiger partial charge is 0.332 e. The first-order chi connectivity index (χ1) is 9.25. The van der Waals surface area contributed by atoms with Gasteiger partial charge >= 0.3 is 5.69 Å². The Balaban J connectivity index is 2.81. The monoisotopic (exact) mass is 343 g/mol. The molecule has 0 unspecified atom stereocenters. The van der Waals surface area contributed by atoms with Crippen LogP contribution in [-0.2, 0) is 25.4 Å². The van der Waals surface area contributed by atoms with Crippen molar-refractivity contribution in [2.75, 3.05) is 14.1 Å². The van der Waals surface area contributed by atoms with E-state index in [-0.39, 0.29) is 18.0 Å². The maximum absolute atomic E-state index is 12.0. The first kappa shape index (κ1) is 14.5. The van der Waals surface area contributed by atoms with Crippen LogP contribution in [0.5, 0.6) is 0 Å². The van der Waals surface area contributed by atoms with Gasteiger partial charge in [0.2, 0.25) is 5.91 Å². The van der Waals surface area contributed by atoms with E-state index in [1.165, 1.54) is 28.1 Å². The number of halogens is 1. The van der Waals surface area contributed by atoms with E-state index in [1.54, 1.807) is 14.1 Å². The average molecular weight is 344 g/mol. The van der Waals surface area contributed by atoms with E-state index in [9.17, 15) is 14.4 Å². The zero-order valence-electron chi connectivity index (χ0n) is 11.5. The van der Waals surface area contributed by atoms with Crippen LogP contribution in [0, 0.1) is 0 Å². The summed E-state index contributed by atoms with van der Waals surface area (Å²) in [4.78, 5) is 41.4. The Kier molecular flexibility index (Phi) is 3.55. The number of hydrogen-bond acceptors (Lipinski definition) is 4. The highest BCUT2D eigenvalue weighted by atomic mass is 79.9. The van der Waals surface area contributed by atoms with E-state index >= 15 is 0 Å². The van der Waals surface area contributed by atoms with Gasteiger partial charge in [0, 0.05) is 28.2 Å². The Hall–Kier alpha value is -1.90. The lowest BCUT2D eigenvalue weighted by atomic mass is 10.5. The average Bonchev–Trinajstić information content (AvgIpc) is 2.71. The van der Waals surface area contributed by atoms with Crippen LogP contribution >= 0.6 is 15.9 Å². The minimum Gasteiger partial charge on any atom is -0.347 e. The van der Waals surface area contributed by atoms with Gasteiger partial charge in [-0.05, 0) is 15.9 Å². The Labute approximate surface area is 122 Å². The van der Waals surface area contributed by atoms with Gasteiger partial charge < -0.3 is 4.90 Å². The number of fused-ring (bicyclic) bond motifs is 1. The van der Waals surface area contributed by atoms with Gasteiger partial charge in [0.15, 0.2) is 15.9 Å². The third-order valence-electron chi connectivity index (χ3n) is 3.09. The van der Waals surface area contributed by atoms with Crippen LogP contribution < -0.4 is 11.2 Å². The predicted molar refractivity (Wildman–Crippen MR) is 76.6 cm³/mol. The summed E-state index contributed by atoms with van der Waals surface area (Å²) in [5.41, 5.74) is -0.485. The summed E-state index contributed by atoms with van der Waals surface area (Å²) < 4.78 is 4.12. The maximum Gasteiger partial charge on any atom is 0.332 e. The first-order valence-corrected chi connectivity index (χ1v) is 6.57. The van der Waals surface area contributed by atoms with E-state index in [1.807, 2.05) is 0 Å². The molecule has 0 saturated carbocycles. The van der Waals surface area contributed by atoms with Crippen molar-refractivity contribution in [3.05, 3.63) is 25.6 Å². The van der Waals surface area contributed by atoms with E-state index < -0.39 is 11.2 Å². The van der Waals surface area contributed by atoms with E-state index in [2.05, 4.69) is 20.9 Å². The minimum absolute atomic E-state index is 0.00939. The summed E-state index contributed by atoms with van der Waals surface area (Å²) in [5, 5.41) is 0. The Morgan fingerprint density at radius 1 is 1.25 bits per heavy atom. The molecule has 0 aromatic carbocycles. The van der Waals surface area contributed by atoms with Crippen LogP contribution in [0.1, 0.15) is 0 Å². The summed E-state index contributed by atoms with van der Waals surface area (Å²) >= 11 is 3.22. The SMILES string of the molecule is CN(C)C(=O)Cn1c(Br)nc2c(=O)n(C)c(=O)n(C)c21. The molecule has 9 heteroatoms. The molecule has 2 rings (SSSR count). The number of carbonyl (C=O) groups is 1. The number of likely N-dealkylation sites (N-methyl/N-ethyl adjacent to an activating group) is 1. The molecule has 108 valence electrons. The highest BCUT2D eigenvalue weighted by Crippen LogP contribution is 2.16. The van der Waals surface area contributed by atoms with Gasteiger partial charge in [0.1, 0.15) is 6.54 Å². The number of aryl methyl sites for hydroxylation is 1. The van der Waals surface area contributed by atoms with Crippen LogP contribution in [0.4, 0.5) is 0 Å². The van der Waals surface area contributed by atoms with Gasteiger partial charge in [-0.15, -0.1) is 0 Å². The van der Waals surface area contributed by atoms with Crippen molar-refractivity contribution in [1.29, 1.82) is 0 Å². The maximum atomic E-state index is 12.0. The van der Waals surface area contributed by atoms with Gasteiger partial charge in [-0.1, -0.05) is 0 Å². The summed E-state index contributed by atoms with van der Waals surface area (Å²) in [6.07, 6.45) is 0. The Morgan fingerprint density at radius 3 is 2.40 bits per heavy atom. The Morgan fingerprint density at radius 2 is 1.85 bits per heavy atom. The molecule has 20 heavy (non-hydrogen) atoms. The standard InChI is InChI=1S/C11H14BrN5O3/c1-14(2)6(18)5-17-8-7(13-10(17)12)9(19)16(4)11(20)15(8)3/h5H2,1-4H3. The van der Waals surface area contributed by atoms with Crippen molar-refractivity contribution >= 4 is 33.0 Å². The summed E-state index contributed by atoms with van der Waals surface area (Å²) in [7, 11) is 6.19. The van der Waals surface area contributed by atoms with Crippen molar-refractivity contribution < 1.29 is 4.79 Å². The van der Waals surface area contributed by atoms with Crippen molar-refractivity contribution in [1.82, 2.24) is 23.6 Å². The van der Waals surface area contributed by atoms with E-state index in [4.69, 9.17) is 0 Å². The highest BCUT2D eigenvalue weighted by Gasteiger charge is 2.19. The number of aromatic nitrogens is 4. The highest BCUT2D eigenvalue weighted by molar-refractivity contribution is 9.10. The van der Waals surface area contributed by atoms with Crippen molar-refractivity contribution in [3.63, 3.8) is 0 Å². The fourth-order valence-electron chi connectivity index (χ4n) is 1.88. The van der Waals surface area contributed by atoms with Crippen LogP contribution in [0.15, 0.2) is 14.3 Å². The molecular formula is C11H14BrN5O3. The number of hydrogen-bond donors (Lipinski definition) is 0. The normalized spacial score (nSPS) is 11.1. The third-order valence-corrected chi connectivity index (χ3v) is 3.69. The molecule has 0 N–H and O–H groups in total. The molecular weight excluding hydrogens is 330 g/mol. The summed E-state index contributed by atoms with van der Waals surface area (Å²) in [6.45, 7) is -0.00939. The fraction of sp³-hybridized carbons (Fsp3) is 0.455. The van der Waals surface area contributed by atoms with Gasteiger partial charge in [-0.25, -0.2) is 9.78 Å². The number of carbonyl (C=O) groups excluding carboxylic acids is 1. The molecule has 0 fully saturated rings. The minimum atomic E-state index is -0.486. The molecule has 0 aliphatic rings. The lowest BCUT2D eigenvalue weighted by Gasteiger charge is -2.13. The number of imidazole rings is 1. The quantitative estimate of drug-likeness (QED) is 0.674. The largest absolute Gasteiger partial charge is 0.347 e. The fourth-order valence-corrected chi connectivity index (χ4v) is 2.35. The molecule has 0 saturated heterocycles. The van der Waals surface area contributed by atoms with Crippen molar-refractivity contribution in [2.24, 2.45) is 14.1 Å². The molecule has 2 aromatic heterocycles. The van der Waals surface area contributed by atoms with Crippen LogP contribution in [0.2, 0.25) is 0 Å². The van der Waals surface area contributed by atoms with Crippen molar-refractivity contribution in [2.45, 2.75) is 6.54 Å². The first-order valence-electron chi connectivity index (χ1n) is 5.77. The van der Waals surface area contributed by atoms with Gasteiger partial charge in [-0.2, -0.15) is 0 Å². The molecule has 1 amide bonds. The van der Waals surface area contributed by atoms with Crippen LogP contribution in [0.3, 0.4) is 0 Å². The van der Waals surface area contributed by atoms with E-state index in [0.717, 1.165) is 4.57 Å². The zero-order chi connectivity index (χ0) is 15.2. The molecule has 8 nitrogen and oxygen atoms in total. The second-order valence-electron chi connectivity index (χ2n) is 4.63. The third kappa shape index (κ3) is 2.07. The van der Waals surface area contributed by atoms with E-state index in [0.29, 0.717) is 10.4 Å². The zero-order valence-corrected chi connectivity index (χ0v) is 13.1. The molecule has 0 radical (unpaired) electrons. The molecule has 0 aliphatic carbocycles. The lowest BCUT2D eigenvalue weighted by molar-refractivity contribution is -0.129. The second-order valence-corrected chi connectivity index (χ2v) is 5.34. The van der Waals surface area contributed by atoms with Crippen molar-refractivity contribution in [3.8, 4) is 0 Å². The van der Waals surface area contributed by atoms with Gasteiger partial charge in [0.25, 0.3) is 5.56 Å². The molecule has 0 atom stereocenters. The lowest BCUT2D eigenvalue weighted by Crippen LogP contribution is -2.37. The molecule has 0 bridgehead atoms.